The van der Waals surface area contributed by atoms with Crippen LogP contribution in [0.4, 0.5) is 22.7 Å². The van der Waals surface area contributed by atoms with E-state index >= 15 is 0 Å². The molecular formula is C27H24N4O4. The summed E-state index contributed by atoms with van der Waals surface area (Å²) < 4.78 is 0. The van der Waals surface area contributed by atoms with Gasteiger partial charge in [0.05, 0.1) is 11.3 Å². The molecule has 3 N–H and O–H groups in total. The van der Waals surface area contributed by atoms with Crippen molar-refractivity contribution < 1.29 is 19.2 Å². The largest absolute Gasteiger partial charge is 0.350 e. The molecule has 0 spiro atoms. The minimum Gasteiger partial charge on any atom is -0.350 e. The third-order valence-corrected chi connectivity index (χ3v) is 5.31. The summed E-state index contributed by atoms with van der Waals surface area (Å²) in [6.07, 6.45) is 0. The summed E-state index contributed by atoms with van der Waals surface area (Å²) in [5.41, 5.74) is 4.05. The van der Waals surface area contributed by atoms with E-state index in [-0.39, 0.29) is 23.1 Å². The standard InChI is InChI=1S/C27H24N4O4/c1-16-5-4-6-23(15-16)31-26(34)24(19-7-9-20(10-8-19)28-17(2)32)25(27(31)35)30-22-13-11-21(12-14-22)29-18(3)33/h4-15,30H,1-3H3,(H,28,32)(H,29,33). The Hall–Kier alpha value is -4.72. The maximum atomic E-state index is 13.6. The van der Waals surface area contributed by atoms with Crippen LogP contribution in [0, 0.1) is 6.92 Å². The summed E-state index contributed by atoms with van der Waals surface area (Å²) in [5.74, 6) is -1.33. The summed E-state index contributed by atoms with van der Waals surface area (Å²) in [7, 11) is 0. The Balaban J connectivity index is 1.74. The fraction of sp³-hybridized carbons (Fsp3) is 0.111. The molecule has 0 aliphatic carbocycles. The molecule has 3 aromatic rings. The van der Waals surface area contributed by atoms with Crippen LogP contribution in [-0.2, 0) is 19.2 Å². The van der Waals surface area contributed by atoms with Crippen molar-refractivity contribution in [2.24, 2.45) is 0 Å². The van der Waals surface area contributed by atoms with Gasteiger partial charge in [-0.05, 0) is 66.6 Å². The lowest BCUT2D eigenvalue weighted by molar-refractivity contribution is -0.120. The topological polar surface area (TPSA) is 108 Å². The fourth-order valence-corrected chi connectivity index (χ4v) is 3.82. The first kappa shape index (κ1) is 23.4. The number of carbonyl (C=O) groups excluding carboxylic acids is 4. The molecule has 8 nitrogen and oxygen atoms in total. The highest BCUT2D eigenvalue weighted by Crippen LogP contribution is 2.34. The molecule has 4 amide bonds. The third kappa shape index (κ3) is 5.11. The molecule has 0 radical (unpaired) electrons. The van der Waals surface area contributed by atoms with Crippen molar-refractivity contribution >= 4 is 52.0 Å². The van der Waals surface area contributed by atoms with Crippen LogP contribution in [0.5, 0.6) is 0 Å². The normalized spacial score (nSPS) is 13.2. The third-order valence-electron chi connectivity index (χ3n) is 5.31. The second-order valence-electron chi connectivity index (χ2n) is 8.18. The highest BCUT2D eigenvalue weighted by molar-refractivity contribution is 6.46. The highest BCUT2D eigenvalue weighted by atomic mass is 16.2. The van der Waals surface area contributed by atoms with Gasteiger partial charge in [0.15, 0.2) is 0 Å². The molecule has 0 unspecified atom stereocenters. The predicted octanol–water partition coefficient (Wildman–Crippen LogP) is 4.31. The van der Waals surface area contributed by atoms with Crippen LogP contribution < -0.4 is 20.9 Å². The molecular weight excluding hydrogens is 444 g/mol. The van der Waals surface area contributed by atoms with Gasteiger partial charge in [-0.3, -0.25) is 19.2 Å². The van der Waals surface area contributed by atoms with Gasteiger partial charge in [-0.15, -0.1) is 0 Å². The molecule has 35 heavy (non-hydrogen) atoms. The van der Waals surface area contributed by atoms with Crippen molar-refractivity contribution in [3.05, 3.63) is 89.6 Å². The number of rotatable bonds is 6. The number of benzene rings is 3. The van der Waals surface area contributed by atoms with E-state index in [1.54, 1.807) is 66.7 Å². The SMILES string of the molecule is CC(=O)Nc1ccc(NC2=C(c3ccc(NC(C)=O)cc3)C(=O)N(c3cccc(C)c3)C2=O)cc1. The molecule has 176 valence electrons. The summed E-state index contributed by atoms with van der Waals surface area (Å²) in [6, 6.07) is 20.7. The zero-order chi connectivity index (χ0) is 25.1. The molecule has 0 aromatic heterocycles. The van der Waals surface area contributed by atoms with Crippen LogP contribution in [-0.4, -0.2) is 23.6 Å². The average molecular weight is 469 g/mol. The number of amides is 4. The summed E-state index contributed by atoms with van der Waals surface area (Å²) >= 11 is 0. The lowest BCUT2D eigenvalue weighted by atomic mass is 10.0. The Morgan fingerprint density at radius 1 is 0.714 bits per heavy atom. The van der Waals surface area contributed by atoms with E-state index in [4.69, 9.17) is 0 Å². The number of hydrogen-bond acceptors (Lipinski definition) is 5. The van der Waals surface area contributed by atoms with Crippen LogP contribution in [0.3, 0.4) is 0 Å². The number of aryl methyl sites for hydroxylation is 1. The highest BCUT2D eigenvalue weighted by Gasteiger charge is 2.40. The molecule has 1 heterocycles. The first-order valence-electron chi connectivity index (χ1n) is 11.0. The lowest BCUT2D eigenvalue weighted by Crippen LogP contribution is -2.32. The zero-order valence-corrected chi connectivity index (χ0v) is 19.5. The summed E-state index contributed by atoms with van der Waals surface area (Å²) in [5, 5.41) is 8.48. The smallest absolute Gasteiger partial charge is 0.282 e. The number of nitrogens with one attached hydrogen (secondary N) is 3. The van der Waals surface area contributed by atoms with Gasteiger partial charge in [0.25, 0.3) is 11.8 Å². The van der Waals surface area contributed by atoms with Gasteiger partial charge in [-0.25, -0.2) is 4.90 Å². The molecule has 0 saturated heterocycles. The Labute approximate surface area is 202 Å². The zero-order valence-electron chi connectivity index (χ0n) is 19.5. The maximum Gasteiger partial charge on any atom is 0.282 e. The van der Waals surface area contributed by atoms with E-state index in [2.05, 4.69) is 16.0 Å². The van der Waals surface area contributed by atoms with Crippen molar-refractivity contribution in [1.82, 2.24) is 0 Å². The van der Waals surface area contributed by atoms with Gasteiger partial charge in [0, 0.05) is 30.9 Å². The molecule has 0 fully saturated rings. The van der Waals surface area contributed by atoms with E-state index in [1.807, 2.05) is 13.0 Å². The van der Waals surface area contributed by atoms with E-state index < -0.39 is 11.8 Å². The number of anilines is 4. The summed E-state index contributed by atoms with van der Waals surface area (Å²) in [4.78, 5) is 50.9. The Kier molecular flexibility index (Phi) is 6.46. The maximum absolute atomic E-state index is 13.6. The van der Waals surface area contributed by atoms with E-state index in [0.29, 0.717) is 28.3 Å². The first-order valence-corrected chi connectivity index (χ1v) is 11.0. The van der Waals surface area contributed by atoms with Gasteiger partial charge < -0.3 is 16.0 Å². The monoisotopic (exact) mass is 468 g/mol. The molecule has 0 atom stereocenters. The first-order chi connectivity index (χ1) is 16.7. The van der Waals surface area contributed by atoms with Crippen LogP contribution in [0.15, 0.2) is 78.5 Å². The lowest BCUT2D eigenvalue weighted by Gasteiger charge is -2.16. The van der Waals surface area contributed by atoms with Crippen molar-refractivity contribution in [2.75, 3.05) is 20.9 Å². The minimum absolute atomic E-state index is 0.135. The second-order valence-corrected chi connectivity index (χ2v) is 8.18. The van der Waals surface area contributed by atoms with Gasteiger partial charge >= 0.3 is 0 Å². The molecule has 1 aliphatic heterocycles. The Morgan fingerprint density at radius 3 is 1.80 bits per heavy atom. The fourth-order valence-electron chi connectivity index (χ4n) is 3.82. The van der Waals surface area contributed by atoms with Crippen LogP contribution >= 0.6 is 0 Å². The van der Waals surface area contributed by atoms with Crippen molar-refractivity contribution in [3.8, 4) is 0 Å². The minimum atomic E-state index is -0.479. The molecule has 0 bridgehead atoms. The average Bonchev–Trinajstić information content (AvgIpc) is 3.04. The predicted molar refractivity (Wildman–Crippen MR) is 136 cm³/mol. The quantitative estimate of drug-likeness (QED) is 0.468. The summed E-state index contributed by atoms with van der Waals surface area (Å²) in [6.45, 7) is 4.72. The number of imide groups is 1. The second kappa shape index (κ2) is 9.64. The molecule has 4 rings (SSSR count). The number of nitrogens with zero attached hydrogens (tertiary/aromatic N) is 1. The van der Waals surface area contributed by atoms with Crippen molar-refractivity contribution in [3.63, 3.8) is 0 Å². The van der Waals surface area contributed by atoms with E-state index in [0.717, 1.165) is 10.5 Å². The molecule has 0 saturated carbocycles. The molecule has 3 aromatic carbocycles. The van der Waals surface area contributed by atoms with Crippen LogP contribution in [0.25, 0.3) is 5.57 Å². The Morgan fingerprint density at radius 2 is 1.26 bits per heavy atom. The van der Waals surface area contributed by atoms with Gasteiger partial charge in [0.1, 0.15) is 5.70 Å². The van der Waals surface area contributed by atoms with Crippen LogP contribution in [0.1, 0.15) is 25.0 Å². The number of carbonyl (C=O) groups is 4. The van der Waals surface area contributed by atoms with Crippen molar-refractivity contribution in [1.29, 1.82) is 0 Å². The van der Waals surface area contributed by atoms with Gasteiger partial charge in [0.2, 0.25) is 11.8 Å². The van der Waals surface area contributed by atoms with E-state index in [1.165, 1.54) is 13.8 Å². The van der Waals surface area contributed by atoms with Crippen molar-refractivity contribution in [2.45, 2.75) is 20.8 Å². The van der Waals surface area contributed by atoms with E-state index in [9.17, 15) is 19.2 Å². The van der Waals surface area contributed by atoms with Crippen LogP contribution in [0.2, 0.25) is 0 Å². The Bertz CT molecular complexity index is 1360. The van der Waals surface area contributed by atoms with Gasteiger partial charge in [-0.2, -0.15) is 0 Å². The molecule has 8 heteroatoms. The van der Waals surface area contributed by atoms with Gasteiger partial charge in [-0.1, -0.05) is 24.3 Å². The molecule has 1 aliphatic rings. The number of hydrogen-bond donors (Lipinski definition) is 3.